The SMILES string of the molecule is COc1ccc(C(=O)CC2=NCCc3cc4c(cc32)OCCCO4)cc1OC. The number of carbonyl (C=O) groups is 1. The van der Waals surface area contributed by atoms with Crippen molar-refractivity contribution in [2.24, 2.45) is 4.99 Å². The zero-order chi connectivity index (χ0) is 19.5. The first-order valence-electron chi connectivity index (χ1n) is 9.41. The third-order valence-corrected chi connectivity index (χ3v) is 5.00. The second kappa shape index (κ2) is 7.92. The minimum atomic E-state index is -0.0142. The van der Waals surface area contributed by atoms with E-state index in [1.807, 2.05) is 12.1 Å². The molecule has 146 valence electrons. The van der Waals surface area contributed by atoms with Crippen molar-refractivity contribution in [3.8, 4) is 23.0 Å². The molecule has 2 aliphatic heterocycles. The Balaban J connectivity index is 1.60. The van der Waals surface area contributed by atoms with Gasteiger partial charge in [0.1, 0.15) is 0 Å². The third-order valence-electron chi connectivity index (χ3n) is 5.00. The van der Waals surface area contributed by atoms with Gasteiger partial charge in [-0.15, -0.1) is 0 Å². The van der Waals surface area contributed by atoms with Crippen molar-refractivity contribution >= 4 is 11.5 Å². The average Bonchev–Trinajstić information content (AvgIpc) is 2.96. The molecule has 6 nitrogen and oxygen atoms in total. The molecule has 6 heteroatoms. The van der Waals surface area contributed by atoms with Crippen molar-refractivity contribution < 1.29 is 23.7 Å². The molecule has 0 fully saturated rings. The molecule has 0 amide bonds. The summed E-state index contributed by atoms with van der Waals surface area (Å²) >= 11 is 0. The quantitative estimate of drug-likeness (QED) is 0.742. The Morgan fingerprint density at radius 1 is 1.04 bits per heavy atom. The molecule has 0 aromatic heterocycles. The largest absolute Gasteiger partial charge is 0.493 e. The van der Waals surface area contributed by atoms with Gasteiger partial charge in [-0.25, -0.2) is 0 Å². The summed E-state index contributed by atoms with van der Waals surface area (Å²) in [4.78, 5) is 17.5. The second-order valence-corrected chi connectivity index (χ2v) is 6.75. The highest BCUT2D eigenvalue weighted by atomic mass is 16.5. The number of methoxy groups -OCH3 is 2. The molecule has 0 radical (unpaired) electrons. The molecule has 28 heavy (non-hydrogen) atoms. The highest BCUT2D eigenvalue weighted by molar-refractivity contribution is 6.17. The van der Waals surface area contributed by atoms with Crippen molar-refractivity contribution in [3.63, 3.8) is 0 Å². The van der Waals surface area contributed by atoms with Gasteiger partial charge in [-0.3, -0.25) is 9.79 Å². The molecule has 0 saturated heterocycles. The number of fused-ring (bicyclic) bond motifs is 2. The molecule has 2 aromatic rings. The smallest absolute Gasteiger partial charge is 0.168 e. The van der Waals surface area contributed by atoms with E-state index in [-0.39, 0.29) is 12.2 Å². The number of nitrogens with zero attached hydrogens (tertiary/aromatic N) is 1. The Labute approximate surface area is 164 Å². The van der Waals surface area contributed by atoms with Gasteiger partial charge in [0.15, 0.2) is 28.8 Å². The summed E-state index contributed by atoms with van der Waals surface area (Å²) in [6.45, 7) is 1.95. The average molecular weight is 381 g/mol. The summed E-state index contributed by atoms with van der Waals surface area (Å²) in [7, 11) is 3.13. The molecule has 2 heterocycles. The molecule has 0 atom stereocenters. The highest BCUT2D eigenvalue weighted by Crippen LogP contribution is 2.35. The fourth-order valence-corrected chi connectivity index (χ4v) is 3.54. The van der Waals surface area contributed by atoms with Crippen molar-refractivity contribution in [2.45, 2.75) is 19.3 Å². The van der Waals surface area contributed by atoms with Crippen LogP contribution in [-0.2, 0) is 6.42 Å². The standard InChI is InChI=1S/C22H23NO5/c1-25-19-5-4-15(11-20(19)26-2)18(24)13-17-16-12-22-21(27-8-3-9-28-22)10-14(16)6-7-23-17/h4-5,10-12H,3,6-9,13H2,1-2H3. The highest BCUT2D eigenvalue weighted by Gasteiger charge is 2.22. The Hall–Kier alpha value is -3.02. The fourth-order valence-electron chi connectivity index (χ4n) is 3.54. The van der Waals surface area contributed by atoms with Gasteiger partial charge < -0.3 is 18.9 Å². The minimum Gasteiger partial charge on any atom is -0.493 e. The molecule has 0 aliphatic carbocycles. The van der Waals surface area contributed by atoms with Crippen molar-refractivity contribution in [2.75, 3.05) is 34.0 Å². The Kier molecular flexibility index (Phi) is 5.19. The number of Topliss-reactive ketones (excluding diaryl/α,β-unsaturated/α-hetero) is 1. The van der Waals surface area contributed by atoms with Gasteiger partial charge in [0.2, 0.25) is 0 Å². The number of carbonyl (C=O) groups excluding carboxylic acids is 1. The molecular formula is C22H23NO5. The number of aliphatic imine (C=N–C) groups is 1. The first kappa shape index (κ1) is 18.3. The lowest BCUT2D eigenvalue weighted by atomic mass is 9.92. The molecular weight excluding hydrogens is 358 g/mol. The number of rotatable bonds is 5. The van der Waals surface area contributed by atoms with E-state index in [2.05, 4.69) is 4.99 Å². The van der Waals surface area contributed by atoms with Crippen LogP contribution < -0.4 is 18.9 Å². The van der Waals surface area contributed by atoms with Gasteiger partial charge in [-0.1, -0.05) is 0 Å². The summed E-state index contributed by atoms with van der Waals surface area (Å²) in [5, 5.41) is 0. The van der Waals surface area contributed by atoms with Crippen LogP contribution in [-0.4, -0.2) is 45.5 Å². The van der Waals surface area contributed by atoms with Crippen LogP contribution >= 0.6 is 0 Å². The number of ketones is 1. The molecule has 0 unspecified atom stereocenters. The molecule has 2 aromatic carbocycles. The topological polar surface area (TPSA) is 66.4 Å². The van der Waals surface area contributed by atoms with E-state index in [0.29, 0.717) is 36.8 Å². The van der Waals surface area contributed by atoms with Crippen molar-refractivity contribution in [3.05, 3.63) is 47.0 Å². The van der Waals surface area contributed by atoms with Crippen molar-refractivity contribution in [1.29, 1.82) is 0 Å². The normalized spacial score (nSPS) is 15.1. The molecule has 0 N–H and O–H groups in total. The first-order chi connectivity index (χ1) is 13.7. The maximum atomic E-state index is 12.9. The van der Waals surface area contributed by atoms with Crippen LogP contribution in [0.2, 0.25) is 0 Å². The van der Waals surface area contributed by atoms with E-state index in [1.165, 1.54) is 0 Å². The van der Waals surface area contributed by atoms with Gasteiger partial charge in [0.25, 0.3) is 0 Å². The van der Waals surface area contributed by atoms with Crippen LogP contribution in [0.15, 0.2) is 35.3 Å². The Bertz CT molecular complexity index is 935. The van der Waals surface area contributed by atoms with E-state index in [9.17, 15) is 4.79 Å². The molecule has 0 saturated carbocycles. The number of benzene rings is 2. The van der Waals surface area contributed by atoms with E-state index >= 15 is 0 Å². The lowest BCUT2D eigenvalue weighted by molar-refractivity contribution is 0.1000. The second-order valence-electron chi connectivity index (χ2n) is 6.75. The monoisotopic (exact) mass is 381 g/mol. The summed E-state index contributed by atoms with van der Waals surface area (Å²) in [6.07, 6.45) is 1.92. The van der Waals surface area contributed by atoms with Crippen LogP contribution in [0, 0.1) is 0 Å². The summed E-state index contributed by atoms with van der Waals surface area (Å²) in [5.41, 5.74) is 3.48. The molecule has 0 spiro atoms. The number of hydrogen-bond acceptors (Lipinski definition) is 6. The van der Waals surface area contributed by atoms with Crippen LogP contribution in [0.1, 0.15) is 34.3 Å². The van der Waals surface area contributed by atoms with E-state index in [0.717, 1.165) is 41.2 Å². The molecule has 2 aliphatic rings. The van der Waals surface area contributed by atoms with Crippen LogP contribution in [0.25, 0.3) is 0 Å². The predicted octanol–water partition coefficient (Wildman–Crippen LogP) is 3.48. The zero-order valence-corrected chi connectivity index (χ0v) is 16.1. The number of ether oxygens (including phenoxy) is 4. The number of hydrogen-bond donors (Lipinski definition) is 0. The van der Waals surface area contributed by atoms with Crippen LogP contribution in [0.4, 0.5) is 0 Å². The summed E-state index contributed by atoms with van der Waals surface area (Å²) in [6, 6.07) is 9.20. The lowest BCUT2D eigenvalue weighted by Gasteiger charge is -2.19. The summed E-state index contributed by atoms with van der Waals surface area (Å²) < 4.78 is 22.2. The minimum absolute atomic E-state index is 0.0142. The van der Waals surface area contributed by atoms with Gasteiger partial charge >= 0.3 is 0 Å². The van der Waals surface area contributed by atoms with E-state index in [1.54, 1.807) is 32.4 Å². The van der Waals surface area contributed by atoms with Crippen LogP contribution in [0.5, 0.6) is 23.0 Å². The van der Waals surface area contributed by atoms with Gasteiger partial charge in [0, 0.05) is 24.1 Å². The predicted molar refractivity (Wildman–Crippen MR) is 106 cm³/mol. The maximum Gasteiger partial charge on any atom is 0.168 e. The van der Waals surface area contributed by atoms with Gasteiger partial charge in [-0.2, -0.15) is 0 Å². The lowest BCUT2D eigenvalue weighted by Crippen LogP contribution is -2.17. The molecule has 4 rings (SSSR count). The van der Waals surface area contributed by atoms with Crippen molar-refractivity contribution in [1.82, 2.24) is 0 Å². The fraction of sp³-hybridized carbons (Fsp3) is 0.364. The Morgan fingerprint density at radius 2 is 1.79 bits per heavy atom. The first-order valence-corrected chi connectivity index (χ1v) is 9.41. The van der Waals surface area contributed by atoms with E-state index in [4.69, 9.17) is 18.9 Å². The van der Waals surface area contributed by atoms with Gasteiger partial charge in [0.05, 0.1) is 39.6 Å². The third kappa shape index (κ3) is 3.54. The Morgan fingerprint density at radius 3 is 2.54 bits per heavy atom. The van der Waals surface area contributed by atoms with Crippen LogP contribution in [0.3, 0.4) is 0 Å². The molecule has 0 bridgehead atoms. The van der Waals surface area contributed by atoms with E-state index < -0.39 is 0 Å². The zero-order valence-electron chi connectivity index (χ0n) is 16.1. The van der Waals surface area contributed by atoms with Gasteiger partial charge in [-0.05, 0) is 42.3 Å². The maximum absolute atomic E-state index is 12.9. The summed E-state index contributed by atoms with van der Waals surface area (Å²) in [5.74, 6) is 2.63.